The Morgan fingerprint density at radius 2 is 1.58 bits per heavy atom. The van der Waals surface area contributed by atoms with Crippen LogP contribution in [-0.4, -0.2) is 107 Å². The number of hydrogen-bond donors (Lipinski definition) is 6. The van der Waals surface area contributed by atoms with Crippen LogP contribution in [0.2, 0.25) is 0 Å². The van der Waals surface area contributed by atoms with Crippen molar-refractivity contribution in [3.8, 4) is 0 Å². The van der Waals surface area contributed by atoms with Gasteiger partial charge in [0.05, 0.1) is 58.9 Å². The number of primary amides is 1. The van der Waals surface area contributed by atoms with Gasteiger partial charge in [-0.1, -0.05) is 13.8 Å². The van der Waals surface area contributed by atoms with Crippen molar-refractivity contribution >= 4 is 56.7 Å². The predicted molar refractivity (Wildman–Crippen MR) is 201 cm³/mol. The molecule has 52 heavy (non-hydrogen) atoms. The Labute approximate surface area is 316 Å². The van der Waals surface area contributed by atoms with Gasteiger partial charge >= 0.3 is 135 Å². The normalized spacial score (nSPS) is 12.5. The summed E-state index contributed by atoms with van der Waals surface area (Å²) in [5, 5.41) is 11.6. The van der Waals surface area contributed by atoms with Crippen molar-refractivity contribution < 1.29 is 47.7 Å². The van der Waals surface area contributed by atoms with E-state index >= 15 is 0 Å². The SMILES string of the molecule is [2H]I(CC)NC(=O)OCc1ccc(NC(=O)[C@H](CCCNC(N)=O)CC(=O)[C@@H](NC(=O)CCOCCOCCOCCOCCN=[N+]=N)C(C)C)cc1. The molecule has 0 radical (unpaired) electrons. The van der Waals surface area contributed by atoms with Crippen LogP contribution in [0.25, 0.3) is 0 Å². The molecule has 0 aliphatic heterocycles. The summed E-state index contributed by atoms with van der Waals surface area (Å²) in [5.41, 5.74) is 12.9. The summed E-state index contributed by atoms with van der Waals surface area (Å²) in [6.45, 7) is 8.66. The number of urea groups is 1. The van der Waals surface area contributed by atoms with Gasteiger partial charge in [0.15, 0.2) is 5.78 Å². The molecule has 0 aliphatic rings. The number of amides is 5. The second kappa shape index (κ2) is 29.8. The molecule has 0 spiro atoms. The molecule has 1 rings (SSSR count). The number of carbonyl (C=O) groups is 5. The third-order valence-corrected chi connectivity index (χ3v) is 8.63. The van der Waals surface area contributed by atoms with Gasteiger partial charge < -0.3 is 35.3 Å². The third-order valence-electron chi connectivity index (χ3n) is 7.04. The second-order valence-corrected chi connectivity index (χ2v) is 14.3. The number of Topliss-reactive ketones (excluding diaryl/α,β-unsaturated/α-hetero) is 1. The number of anilines is 1. The van der Waals surface area contributed by atoms with Gasteiger partial charge in [0, 0.05) is 13.0 Å². The minimum atomic E-state index is -2.24. The van der Waals surface area contributed by atoms with Crippen molar-refractivity contribution in [2.45, 2.75) is 59.1 Å². The molecule has 5 amide bonds. The number of nitrogens with two attached hydrogens (primary N) is 1. The van der Waals surface area contributed by atoms with Crippen molar-refractivity contribution in [1.29, 1.82) is 6.12 Å². The zero-order chi connectivity index (χ0) is 39.3. The van der Waals surface area contributed by atoms with E-state index in [2.05, 4.69) is 29.5 Å². The first kappa shape index (κ1) is 44.4. The number of hydrogen-bond acceptors (Lipinski definition) is 12. The molecule has 18 nitrogen and oxygen atoms in total. The van der Waals surface area contributed by atoms with E-state index in [1.807, 2.05) is 6.92 Å². The van der Waals surface area contributed by atoms with Crippen molar-refractivity contribution in [2.24, 2.45) is 22.7 Å². The molecule has 0 fully saturated rings. The molecule has 1 aromatic rings. The molecule has 19 heteroatoms. The molecular weight excluding hydrogens is 795 g/mol. The Balaban J connectivity index is 2.56. The number of rotatable bonds is 30. The molecule has 7 N–H and O–H groups in total. The number of benzene rings is 1. The molecule has 0 saturated carbocycles. The van der Waals surface area contributed by atoms with Crippen LogP contribution in [0.1, 0.15) is 52.0 Å². The van der Waals surface area contributed by atoms with E-state index in [1.54, 1.807) is 38.1 Å². The van der Waals surface area contributed by atoms with Crippen molar-refractivity contribution in [3.05, 3.63) is 29.8 Å². The van der Waals surface area contributed by atoms with Crippen LogP contribution in [0, 0.1) is 17.4 Å². The first-order valence-electron chi connectivity index (χ1n) is 17.5. The molecule has 1 aromatic carbocycles. The zero-order valence-corrected chi connectivity index (χ0v) is 32.4. The van der Waals surface area contributed by atoms with E-state index in [-0.39, 0.29) is 63.2 Å². The fourth-order valence-corrected chi connectivity index (χ4v) is 5.28. The Hall–Kier alpha value is -3.75. The zero-order valence-electron chi connectivity index (χ0n) is 31.3. The molecule has 0 aromatic heterocycles. The molecule has 0 bridgehead atoms. The van der Waals surface area contributed by atoms with E-state index in [9.17, 15) is 24.0 Å². The molecule has 294 valence electrons. The van der Waals surface area contributed by atoms with Gasteiger partial charge in [-0.15, -0.1) is 0 Å². The van der Waals surface area contributed by atoms with Gasteiger partial charge in [-0.25, -0.2) is 4.79 Å². The van der Waals surface area contributed by atoms with Gasteiger partial charge in [-0.05, 0) is 12.3 Å². The van der Waals surface area contributed by atoms with Gasteiger partial charge in [0.1, 0.15) is 17.2 Å². The summed E-state index contributed by atoms with van der Waals surface area (Å²) in [4.78, 5) is 65.4. The monoisotopic (exact) mass is 852 g/mol. The van der Waals surface area contributed by atoms with E-state index in [0.717, 1.165) is 0 Å². The summed E-state index contributed by atoms with van der Waals surface area (Å²) < 4.78 is 37.6. The van der Waals surface area contributed by atoms with Gasteiger partial charge in [-0.2, -0.15) is 0 Å². The number of ether oxygens (including phenoxy) is 5. The number of carbonyl (C=O) groups excluding carboxylic acids is 5. The van der Waals surface area contributed by atoms with Crippen LogP contribution < -0.4 is 30.1 Å². The van der Waals surface area contributed by atoms with Crippen LogP contribution in [0.3, 0.4) is 0 Å². The molecule has 0 saturated heterocycles. The van der Waals surface area contributed by atoms with Crippen LogP contribution in [-0.2, 0) is 44.7 Å². The van der Waals surface area contributed by atoms with E-state index < -0.39 is 51.3 Å². The van der Waals surface area contributed by atoms with Crippen LogP contribution in [0.5, 0.6) is 0 Å². The Kier molecular flexibility index (Phi) is 25.4. The predicted octanol–water partition coefficient (Wildman–Crippen LogP) is 2.66. The molecular formula is C33H56IN8O10+. The molecule has 2 atom stereocenters. The number of nitrogens with one attached hydrogen (secondary N) is 5. The summed E-state index contributed by atoms with van der Waals surface area (Å²) in [6.07, 6.45) is -0.0852. The maximum absolute atomic E-state index is 13.5. The number of ketones is 1. The average molecular weight is 853 g/mol. The van der Waals surface area contributed by atoms with Gasteiger partial charge in [0.25, 0.3) is 0 Å². The summed E-state index contributed by atoms with van der Waals surface area (Å²) in [5.74, 6) is -2.08. The standard InChI is InChI=1S/C33H55IN8O10/c1-4-34-41-33(47)52-23-25-7-9-27(10-8-25)39-31(45)26(6-5-12-37-32(35)46)22-28(43)30(24(2)3)40-29(44)11-14-48-16-18-50-20-21-51-19-17-49-15-13-38-42-36/h7-10,24,26,30,34,36H,4-6,11-23H2,1-3H3,(H5-,35,37,39,40,41,44,45,46,47)/p+1/t26-,30+/m1/s1/i34D. The quantitative estimate of drug-likeness (QED) is 0.0165. The Morgan fingerprint density at radius 1 is 0.962 bits per heavy atom. The maximum atomic E-state index is 13.5. The number of alkyl halides is 1. The van der Waals surface area contributed by atoms with E-state index in [4.69, 9.17) is 35.5 Å². The van der Waals surface area contributed by atoms with Crippen LogP contribution in [0.15, 0.2) is 29.4 Å². The topological polar surface area (TPSA) is 256 Å². The molecule has 0 heterocycles. The Morgan fingerprint density at radius 3 is 2.15 bits per heavy atom. The van der Waals surface area contributed by atoms with Crippen LogP contribution in [0.4, 0.5) is 15.3 Å². The van der Waals surface area contributed by atoms with Crippen LogP contribution >= 0.6 is 21.3 Å². The van der Waals surface area contributed by atoms with E-state index in [0.29, 0.717) is 68.3 Å². The van der Waals surface area contributed by atoms with Crippen molar-refractivity contribution in [2.75, 3.05) is 75.7 Å². The van der Waals surface area contributed by atoms with Crippen molar-refractivity contribution in [1.82, 2.24) is 19.1 Å². The molecule has 0 unspecified atom stereocenters. The van der Waals surface area contributed by atoms with Crippen molar-refractivity contribution in [3.63, 3.8) is 0 Å². The number of halogens is 1. The summed E-state index contributed by atoms with van der Waals surface area (Å²) in [7, 11) is 0. The first-order valence-corrected chi connectivity index (χ1v) is 19.8. The first-order chi connectivity index (χ1) is 25.5. The van der Waals surface area contributed by atoms with E-state index in [1.165, 1.54) is 0 Å². The summed E-state index contributed by atoms with van der Waals surface area (Å²) >= 11 is -2.24. The molecule has 0 aliphatic carbocycles. The second-order valence-electron chi connectivity index (χ2n) is 11.5. The fourth-order valence-electron chi connectivity index (χ4n) is 4.43. The Bertz CT molecular complexity index is 1290. The summed E-state index contributed by atoms with van der Waals surface area (Å²) in [6, 6.07) is 5.15. The number of nitrogens with zero attached hydrogens (tertiary/aromatic N) is 2. The third kappa shape index (κ3) is 23.7. The van der Waals surface area contributed by atoms with Gasteiger partial charge in [-0.3, -0.25) is 9.59 Å². The average Bonchev–Trinajstić information content (AvgIpc) is 3.12. The van der Waals surface area contributed by atoms with Gasteiger partial charge in [0.2, 0.25) is 10.8 Å². The minimum absolute atomic E-state index is 0.000431. The fraction of sp³-hybridized carbons (Fsp3) is 0.667.